The second-order valence-corrected chi connectivity index (χ2v) is 7.67. The van der Waals surface area contributed by atoms with Crippen molar-refractivity contribution in [3.8, 4) is 0 Å². The molecule has 1 atom stereocenters. The van der Waals surface area contributed by atoms with Crippen LogP contribution in [0.4, 0.5) is 0 Å². The molecule has 5 heteroatoms. The third-order valence-electron chi connectivity index (χ3n) is 4.59. The van der Waals surface area contributed by atoms with Crippen molar-refractivity contribution in [2.45, 2.75) is 17.9 Å². The molecule has 0 saturated carbocycles. The molecule has 1 saturated heterocycles. The van der Waals surface area contributed by atoms with Crippen molar-refractivity contribution >= 4 is 17.7 Å². The average Bonchev–Trinajstić information content (AvgIpc) is 3.08. The van der Waals surface area contributed by atoms with Gasteiger partial charge in [0.2, 0.25) is 5.91 Å². The summed E-state index contributed by atoms with van der Waals surface area (Å²) in [6, 6.07) is 14.5. The molecule has 25 heavy (non-hydrogen) atoms. The number of aromatic nitrogens is 1. The van der Waals surface area contributed by atoms with Gasteiger partial charge in [0.05, 0.1) is 5.75 Å². The largest absolute Gasteiger partial charge is 0.345 e. The third-order valence-corrected chi connectivity index (χ3v) is 5.59. The van der Waals surface area contributed by atoms with Gasteiger partial charge in [0.15, 0.2) is 0 Å². The Labute approximate surface area is 154 Å². The van der Waals surface area contributed by atoms with Crippen LogP contribution >= 0.6 is 11.8 Å². The fraction of sp³-hybridized carbons (Fsp3) is 0.400. The Kier molecular flexibility index (Phi) is 6.48. The molecule has 1 aliphatic heterocycles. The van der Waals surface area contributed by atoms with E-state index in [1.54, 1.807) is 24.2 Å². The van der Waals surface area contributed by atoms with Crippen LogP contribution in [0.1, 0.15) is 12.0 Å². The topological polar surface area (TPSA) is 36.4 Å². The standard InChI is InChI=1S/C20H25N3OS/c1-22(20(24)16-25-19-7-10-21-11-8-19)13-18-9-12-23(15-18)14-17-5-3-2-4-6-17/h2-8,10-11,18H,9,12-16H2,1H3/t18-/m1/s1. The minimum atomic E-state index is 0.198. The van der Waals surface area contributed by atoms with Crippen molar-refractivity contribution in [3.05, 3.63) is 60.4 Å². The summed E-state index contributed by atoms with van der Waals surface area (Å²) in [5.41, 5.74) is 1.36. The number of amides is 1. The van der Waals surface area contributed by atoms with Gasteiger partial charge in [-0.1, -0.05) is 30.3 Å². The molecule has 0 unspecified atom stereocenters. The van der Waals surface area contributed by atoms with E-state index < -0.39 is 0 Å². The summed E-state index contributed by atoms with van der Waals surface area (Å²) in [6.07, 6.45) is 4.69. The second kappa shape index (κ2) is 9.02. The smallest absolute Gasteiger partial charge is 0.232 e. The first kappa shape index (κ1) is 18.0. The van der Waals surface area contributed by atoms with Crippen LogP contribution in [0.25, 0.3) is 0 Å². The maximum atomic E-state index is 12.4. The lowest BCUT2D eigenvalue weighted by Gasteiger charge is -2.22. The van der Waals surface area contributed by atoms with Crippen molar-refractivity contribution in [3.63, 3.8) is 0 Å². The number of thioether (sulfide) groups is 1. The Morgan fingerprint density at radius 3 is 2.76 bits per heavy atom. The van der Waals surface area contributed by atoms with E-state index in [1.165, 1.54) is 12.0 Å². The fourth-order valence-electron chi connectivity index (χ4n) is 3.23. The van der Waals surface area contributed by atoms with Crippen LogP contribution in [0.5, 0.6) is 0 Å². The van der Waals surface area contributed by atoms with Crippen molar-refractivity contribution in [1.82, 2.24) is 14.8 Å². The van der Waals surface area contributed by atoms with E-state index in [0.29, 0.717) is 11.7 Å². The number of likely N-dealkylation sites (tertiary alicyclic amines) is 1. The zero-order valence-corrected chi connectivity index (χ0v) is 15.5. The maximum absolute atomic E-state index is 12.4. The Bertz CT molecular complexity index is 665. The summed E-state index contributed by atoms with van der Waals surface area (Å²) in [5.74, 6) is 1.26. The Balaban J connectivity index is 1.40. The molecule has 1 aromatic carbocycles. The molecule has 2 aromatic rings. The summed E-state index contributed by atoms with van der Waals surface area (Å²) in [5, 5.41) is 0. The molecule has 1 amide bonds. The summed E-state index contributed by atoms with van der Waals surface area (Å²) in [7, 11) is 1.93. The molecule has 1 fully saturated rings. The molecule has 2 heterocycles. The lowest BCUT2D eigenvalue weighted by molar-refractivity contribution is -0.127. The molecule has 3 rings (SSSR count). The van der Waals surface area contributed by atoms with Gasteiger partial charge in [0, 0.05) is 44.0 Å². The highest BCUT2D eigenvalue weighted by Gasteiger charge is 2.24. The molecule has 4 nitrogen and oxygen atoms in total. The highest BCUT2D eigenvalue weighted by atomic mass is 32.2. The number of carbonyl (C=O) groups excluding carboxylic acids is 1. The van der Waals surface area contributed by atoms with Gasteiger partial charge in [0.25, 0.3) is 0 Å². The van der Waals surface area contributed by atoms with Crippen LogP contribution in [-0.2, 0) is 11.3 Å². The monoisotopic (exact) mass is 355 g/mol. The quantitative estimate of drug-likeness (QED) is 0.715. The van der Waals surface area contributed by atoms with E-state index in [9.17, 15) is 4.79 Å². The van der Waals surface area contributed by atoms with Gasteiger partial charge in [0.1, 0.15) is 0 Å². The van der Waals surface area contributed by atoms with Crippen LogP contribution in [0.3, 0.4) is 0 Å². The van der Waals surface area contributed by atoms with E-state index in [1.807, 2.05) is 24.1 Å². The van der Waals surface area contributed by atoms with Crippen LogP contribution in [-0.4, -0.2) is 53.1 Å². The van der Waals surface area contributed by atoms with Gasteiger partial charge in [-0.15, -0.1) is 11.8 Å². The van der Waals surface area contributed by atoms with E-state index >= 15 is 0 Å². The first-order valence-electron chi connectivity index (χ1n) is 8.74. The lowest BCUT2D eigenvalue weighted by Crippen LogP contribution is -2.34. The SMILES string of the molecule is CN(C[C@H]1CCN(Cc2ccccc2)C1)C(=O)CSc1ccncc1. The van der Waals surface area contributed by atoms with Crippen molar-refractivity contribution < 1.29 is 4.79 Å². The molecule has 0 radical (unpaired) electrons. The Hall–Kier alpha value is -1.85. The van der Waals surface area contributed by atoms with Gasteiger partial charge in [-0.2, -0.15) is 0 Å². The van der Waals surface area contributed by atoms with Crippen LogP contribution in [0.15, 0.2) is 59.8 Å². The number of benzene rings is 1. The second-order valence-electron chi connectivity index (χ2n) is 6.62. The number of pyridine rings is 1. The molecule has 1 aromatic heterocycles. The molecule has 132 valence electrons. The number of hydrogen-bond donors (Lipinski definition) is 0. The maximum Gasteiger partial charge on any atom is 0.232 e. The predicted molar refractivity (Wildman–Crippen MR) is 102 cm³/mol. The number of hydrogen-bond acceptors (Lipinski definition) is 4. The molecular weight excluding hydrogens is 330 g/mol. The molecule has 0 aliphatic carbocycles. The normalized spacial score (nSPS) is 17.6. The van der Waals surface area contributed by atoms with Gasteiger partial charge < -0.3 is 4.90 Å². The summed E-state index contributed by atoms with van der Waals surface area (Å²) >= 11 is 1.58. The van der Waals surface area contributed by atoms with E-state index in [-0.39, 0.29) is 5.91 Å². The molecular formula is C20H25N3OS. The van der Waals surface area contributed by atoms with E-state index in [4.69, 9.17) is 0 Å². The van der Waals surface area contributed by atoms with Crippen LogP contribution in [0, 0.1) is 5.92 Å². The number of nitrogens with zero attached hydrogens (tertiary/aromatic N) is 3. The van der Waals surface area contributed by atoms with Gasteiger partial charge in [-0.05, 0) is 36.6 Å². The Morgan fingerprint density at radius 1 is 1.24 bits per heavy atom. The van der Waals surface area contributed by atoms with Crippen molar-refractivity contribution in [1.29, 1.82) is 0 Å². The zero-order valence-electron chi connectivity index (χ0n) is 14.7. The minimum Gasteiger partial charge on any atom is -0.345 e. The van der Waals surface area contributed by atoms with Crippen molar-refractivity contribution in [2.75, 3.05) is 32.4 Å². The zero-order chi connectivity index (χ0) is 17.5. The minimum absolute atomic E-state index is 0.198. The lowest BCUT2D eigenvalue weighted by atomic mass is 10.1. The van der Waals surface area contributed by atoms with E-state index in [0.717, 1.165) is 31.1 Å². The number of rotatable bonds is 7. The van der Waals surface area contributed by atoms with Gasteiger partial charge >= 0.3 is 0 Å². The first-order valence-corrected chi connectivity index (χ1v) is 9.72. The molecule has 0 N–H and O–H groups in total. The average molecular weight is 356 g/mol. The highest BCUT2D eigenvalue weighted by Crippen LogP contribution is 2.21. The highest BCUT2D eigenvalue weighted by molar-refractivity contribution is 8.00. The third kappa shape index (κ3) is 5.58. The predicted octanol–water partition coefficient (Wildman–Crippen LogP) is 3.15. The molecule has 1 aliphatic rings. The molecule has 0 spiro atoms. The summed E-state index contributed by atoms with van der Waals surface area (Å²) in [4.78, 5) is 21.8. The molecule has 0 bridgehead atoms. The van der Waals surface area contributed by atoms with E-state index in [2.05, 4.69) is 40.2 Å². The van der Waals surface area contributed by atoms with Gasteiger partial charge in [-0.3, -0.25) is 14.7 Å². The van der Waals surface area contributed by atoms with Crippen LogP contribution < -0.4 is 0 Å². The first-order chi connectivity index (χ1) is 12.2. The van der Waals surface area contributed by atoms with Gasteiger partial charge in [-0.25, -0.2) is 0 Å². The van der Waals surface area contributed by atoms with Crippen molar-refractivity contribution in [2.24, 2.45) is 5.92 Å². The summed E-state index contributed by atoms with van der Waals surface area (Å²) < 4.78 is 0. The Morgan fingerprint density at radius 2 is 2.00 bits per heavy atom. The van der Waals surface area contributed by atoms with Crippen LogP contribution in [0.2, 0.25) is 0 Å². The number of carbonyl (C=O) groups is 1. The summed E-state index contributed by atoms with van der Waals surface area (Å²) in [6.45, 7) is 4.05. The fourth-order valence-corrected chi connectivity index (χ4v) is 4.05.